The number of urea groups is 1. The van der Waals surface area contributed by atoms with Crippen LogP contribution < -0.4 is 20.3 Å². The molecule has 3 aliphatic rings. The van der Waals surface area contributed by atoms with Crippen molar-refractivity contribution >= 4 is 35.5 Å². The minimum atomic E-state index is -2.09. The molecule has 3 heterocycles. The Bertz CT molecular complexity index is 2800. The molecule has 0 bridgehead atoms. The second-order valence-electron chi connectivity index (χ2n) is 18.0. The third kappa shape index (κ3) is 9.31. The number of aliphatic hydroxyl groups is 1. The van der Waals surface area contributed by atoms with Gasteiger partial charge in [0.2, 0.25) is 11.8 Å². The van der Waals surface area contributed by atoms with Gasteiger partial charge in [0.05, 0.1) is 44.0 Å². The molecule has 14 nitrogen and oxygen atoms in total. The monoisotopic (exact) mass is 943 g/mol. The summed E-state index contributed by atoms with van der Waals surface area (Å²) < 4.78 is 17.6. The molecule has 1 spiro atoms. The number of imide groups is 1. The first-order valence-corrected chi connectivity index (χ1v) is 23.3. The molecule has 360 valence electrons. The van der Waals surface area contributed by atoms with Crippen molar-refractivity contribution in [3.63, 3.8) is 0 Å². The maximum atomic E-state index is 16.5. The molecule has 5 aromatic rings. The quantitative estimate of drug-likeness (QED) is 0.0603. The molecule has 3 aliphatic heterocycles. The molecule has 8 rings (SSSR count). The van der Waals surface area contributed by atoms with Crippen LogP contribution in [-0.4, -0.2) is 97.2 Å². The summed E-state index contributed by atoms with van der Waals surface area (Å²) in [4.78, 5) is 80.5. The van der Waals surface area contributed by atoms with E-state index in [1.807, 2.05) is 103 Å². The average Bonchev–Trinajstić information content (AvgIpc) is 3.83. The van der Waals surface area contributed by atoms with E-state index < -0.39 is 77.3 Å². The molecule has 0 saturated carbocycles. The molecule has 7 atom stereocenters. The zero-order valence-corrected chi connectivity index (χ0v) is 39.6. The smallest absolute Gasteiger partial charge is 0.329 e. The summed E-state index contributed by atoms with van der Waals surface area (Å²) in [6.07, 6.45) is 0.558. The summed E-state index contributed by atoms with van der Waals surface area (Å²) in [6, 6.07) is 35.2. The Balaban J connectivity index is 1.41. The highest BCUT2D eigenvalue weighted by atomic mass is 16.6. The van der Waals surface area contributed by atoms with Crippen LogP contribution in [0.4, 0.5) is 10.5 Å². The highest BCUT2D eigenvalue weighted by Gasteiger charge is 2.75. The standard InChI is InChI=1S/C56H57N5O9/c1-6-29-57-51(63)45-48-53(65)70-49(40-23-14-9-15-24-40)47(39-21-12-8-13-22-39)61(48)50(41-25-16-26-42(34-41)69-32-31-62)56(45)43-33-37(20-17-30-59(4)35-38-18-10-7-11-19-38)27-28-44(43)60(54(56)66)55(67)58-46(36(2)3)52(64)68-5/h6-16,18-19,21-28,33-34,36,45-50,62H,1,29-32,35H2,2-5H3,(H,57,63)(H,58,67)/t45-,46-,47-,48-,49+,50+,56-/m0/s1. The molecule has 0 aliphatic carbocycles. The minimum Gasteiger partial charge on any atom is -0.491 e. The van der Waals surface area contributed by atoms with Gasteiger partial charge in [0.15, 0.2) is 0 Å². The van der Waals surface area contributed by atoms with Crippen LogP contribution in [0.2, 0.25) is 0 Å². The minimum absolute atomic E-state index is 0.0143. The Morgan fingerprint density at radius 2 is 1.56 bits per heavy atom. The third-order valence-electron chi connectivity index (χ3n) is 13.2. The summed E-state index contributed by atoms with van der Waals surface area (Å²) in [7, 11) is 3.18. The van der Waals surface area contributed by atoms with Gasteiger partial charge in [0.1, 0.15) is 36.0 Å². The van der Waals surface area contributed by atoms with Gasteiger partial charge in [-0.25, -0.2) is 14.5 Å². The SMILES string of the molecule is C=CCNC(=O)[C@@H]1[C@H]2C(=O)O[C@H](c3ccccc3)[C@H](c3ccccc3)N2[C@H](c2cccc(OCCO)c2)[C@@]12C(=O)N(C(=O)N[C@H](C(=O)OC)C(C)C)c1ccc(C#CCN(C)Cc3ccccc3)cc12. The summed E-state index contributed by atoms with van der Waals surface area (Å²) in [5.74, 6) is 1.93. The zero-order valence-electron chi connectivity index (χ0n) is 39.6. The maximum Gasteiger partial charge on any atom is 0.329 e. The lowest BCUT2D eigenvalue weighted by molar-refractivity contribution is -0.178. The van der Waals surface area contributed by atoms with Crippen molar-refractivity contribution in [1.82, 2.24) is 20.4 Å². The van der Waals surface area contributed by atoms with Crippen molar-refractivity contribution in [1.29, 1.82) is 0 Å². The van der Waals surface area contributed by atoms with Crippen LogP contribution in [0, 0.1) is 23.7 Å². The van der Waals surface area contributed by atoms with Crippen LogP contribution in [0.25, 0.3) is 0 Å². The number of hydrogen-bond donors (Lipinski definition) is 3. The highest BCUT2D eigenvalue weighted by Crippen LogP contribution is 2.66. The van der Waals surface area contributed by atoms with Gasteiger partial charge < -0.3 is 30.0 Å². The predicted molar refractivity (Wildman–Crippen MR) is 263 cm³/mol. The Labute approximate surface area is 408 Å². The van der Waals surface area contributed by atoms with Gasteiger partial charge in [-0.1, -0.05) is 135 Å². The maximum absolute atomic E-state index is 16.5. The first-order chi connectivity index (χ1) is 33.9. The van der Waals surface area contributed by atoms with E-state index in [9.17, 15) is 9.90 Å². The number of nitrogens with zero attached hydrogens (tertiary/aromatic N) is 3. The fourth-order valence-corrected chi connectivity index (χ4v) is 10.3. The lowest BCUT2D eigenvalue weighted by Crippen LogP contribution is -2.57. The average molecular weight is 944 g/mol. The number of carbonyl (C=O) groups is 5. The number of fused-ring (bicyclic) bond motifs is 3. The number of ether oxygens (including phenoxy) is 3. The van der Waals surface area contributed by atoms with Crippen molar-refractivity contribution < 1.29 is 43.3 Å². The lowest BCUT2D eigenvalue weighted by atomic mass is 9.65. The summed E-state index contributed by atoms with van der Waals surface area (Å²) in [5, 5.41) is 15.5. The number of methoxy groups -OCH3 is 1. The molecule has 2 fully saturated rings. The number of cyclic esters (lactones) is 1. The molecule has 0 radical (unpaired) electrons. The number of esters is 2. The van der Waals surface area contributed by atoms with E-state index >= 15 is 19.2 Å². The van der Waals surface area contributed by atoms with Crippen LogP contribution in [0.3, 0.4) is 0 Å². The third-order valence-corrected chi connectivity index (χ3v) is 13.2. The van der Waals surface area contributed by atoms with E-state index in [1.165, 1.54) is 13.2 Å². The first-order valence-electron chi connectivity index (χ1n) is 23.3. The molecule has 0 aromatic heterocycles. The zero-order chi connectivity index (χ0) is 49.5. The van der Waals surface area contributed by atoms with Crippen molar-refractivity contribution in [3.05, 3.63) is 179 Å². The molecular formula is C56H57N5O9. The van der Waals surface area contributed by atoms with E-state index in [-0.39, 0.29) is 31.0 Å². The van der Waals surface area contributed by atoms with E-state index in [2.05, 4.69) is 34.0 Å². The predicted octanol–water partition coefficient (Wildman–Crippen LogP) is 6.42. The molecule has 14 heteroatoms. The number of hydrogen-bond acceptors (Lipinski definition) is 11. The van der Waals surface area contributed by atoms with Crippen molar-refractivity contribution in [3.8, 4) is 17.6 Å². The number of morpholine rings is 1. The summed E-state index contributed by atoms with van der Waals surface area (Å²) in [6.45, 7) is 8.00. The van der Waals surface area contributed by atoms with Crippen molar-refractivity contribution in [2.75, 3.05) is 45.4 Å². The van der Waals surface area contributed by atoms with Gasteiger partial charge in [-0.15, -0.1) is 6.58 Å². The summed E-state index contributed by atoms with van der Waals surface area (Å²) in [5.41, 5.74) is 1.77. The van der Waals surface area contributed by atoms with Crippen LogP contribution >= 0.6 is 0 Å². The Kier molecular flexibility index (Phi) is 14.9. The number of benzene rings is 5. The summed E-state index contributed by atoms with van der Waals surface area (Å²) >= 11 is 0. The van der Waals surface area contributed by atoms with Crippen LogP contribution in [0.1, 0.15) is 65.4 Å². The number of rotatable bonds is 15. The van der Waals surface area contributed by atoms with E-state index in [1.54, 1.807) is 56.3 Å². The number of anilines is 1. The van der Waals surface area contributed by atoms with Crippen LogP contribution in [0.5, 0.6) is 5.75 Å². The van der Waals surface area contributed by atoms with Crippen molar-refractivity contribution in [2.24, 2.45) is 11.8 Å². The van der Waals surface area contributed by atoms with Gasteiger partial charge in [-0.3, -0.25) is 24.2 Å². The lowest BCUT2D eigenvalue weighted by Gasteiger charge is -2.46. The Morgan fingerprint density at radius 1 is 0.886 bits per heavy atom. The molecule has 3 N–H and O–H groups in total. The molecule has 2 saturated heterocycles. The van der Waals surface area contributed by atoms with E-state index in [4.69, 9.17) is 14.2 Å². The van der Waals surface area contributed by atoms with Gasteiger partial charge in [-0.05, 0) is 71.1 Å². The fourth-order valence-electron chi connectivity index (χ4n) is 10.3. The molecule has 5 aromatic carbocycles. The van der Waals surface area contributed by atoms with Gasteiger partial charge in [0.25, 0.3) is 0 Å². The topological polar surface area (TPSA) is 167 Å². The Hall–Kier alpha value is -7.57. The van der Waals surface area contributed by atoms with Gasteiger partial charge in [0, 0.05) is 18.7 Å². The highest BCUT2D eigenvalue weighted by molar-refractivity contribution is 6.25. The van der Waals surface area contributed by atoms with Crippen LogP contribution in [-0.2, 0) is 40.6 Å². The normalized spacial score (nSPS) is 21.8. The van der Waals surface area contributed by atoms with Crippen molar-refractivity contribution in [2.45, 2.75) is 56.1 Å². The fraction of sp³-hybridized carbons (Fsp3) is 0.304. The molecule has 70 heavy (non-hydrogen) atoms. The molecule has 4 amide bonds. The number of aliphatic hydroxyl groups excluding tert-OH is 1. The van der Waals surface area contributed by atoms with E-state index in [0.29, 0.717) is 35.5 Å². The second-order valence-corrected chi connectivity index (χ2v) is 18.0. The second kappa shape index (κ2) is 21.4. The van der Waals surface area contributed by atoms with Crippen LogP contribution in [0.15, 0.2) is 146 Å². The Morgan fingerprint density at radius 3 is 2.21 bits per heavy atom. The van der Waals surface area contributed by atoms with Gasteiger partial charge >= 0.3 is 18.0 Å². The first kappa shape index (κ1) is 48.9. The number of carbonyl (C=O) groups excluding carboxylic acids is 5. The number of amides is 4. The van der Waals surface area contributed by atoms with E-state index in [0.717, 1.165) is 16.0 Å². The molecular weight excluding hydrogens is 887 g/mol. The molecule has 0 unspecified atom stereocenters. The number of nitrogens with one attached hydrogen (secondary N) is 2. The largest absolute Gasteiger partial charge is 0.491 e. The van der Waals surface area contributed by atoms with Gasteiger partial charge in [-0.2, -0.15) is 0 Å².